The molecule has 0 aliphatic rings. The van der Waals surface area contributed by atoms with E-state index in [1.54, 1.807) is 7.11 Å². The van der Waals surface area contributed by atoms with E-state index < -0.39 is 0 Å². The van der Waals surface area contributed by atoms with E-state index in [2.05, 4.69) is 20.8 Å². The summed E-state index contributed by atoms with van der Waals surface area (Å²) in [6, 6.07) is 0. The van der Waals surface area contributed by atoms with Gasteiger partial charge in [-0.2, -0.15) is 0 Å². The Morgan fingerprint density at radius 3 is 2.28 bits per heavy atom. The van der Waals surface area contributed by atoms with Crippen molar-refractivity contribution in [1.82, 2.24) is 0 Å². The first kappa shape index (κ1) is 17.4. The fourth-order valence-corrected chi connectivity index (χ4v) is 1.57. The molecule has 5 heteroatoms. The number of ether oxygens (including phenoxy) is 3. The highest BCUT2D eigenvalue weighted by molar-refractivity contribution is 5.72. The minimum Gasteiger partial charge on any atom is -0.463 e. The molecule has 108 valence electrons. The molecular formula is C13H27NO4. The van der Waals surface area contributed by atoms with Crippen molar-refractivity contribution in [3.63, 3.8) is 0 Å². The summed E-state index contributed by atoms with van der Waals surface area (Å²) in [7, 11) is 1.61. The molecule has 1 atom stereocenters. The van der Waals surface area contributed by atoms with Gasteiger partial charge in [-0.15, -0.1) is 0 Å². The van der Waals surface area contributed by atoms with Crippen molar-refractivity contribution in [2.75, 3.05) is 40.1 Å². The van der Waals surface area contributed by atoms with Crippen LogP contribution < -0.4 is 5.73 Å². The van der Waals surface area contributed by atoms with Gasteiger partial charge in [-0.3, -0.25) is 4.79 Å². The van der Waals surface area contributed by atoms with Crippen molar-refractivity contribution in [3.8, 4) is 0 Å². The molecule has 1 unspecified atom stereocenters. The Labute approximate surface area is 110 Å². The van der Waals surface area contributed by atoms with Crippen LogP contribution in [0.4, 0.5) is 0 Å². The predicted molar refractivity (Wildman–Crippen MR) is 70.3 cm³/mol. The maximum absolute atomic E-state index is 11.8. The van der Waals surface area contributed by atoms with Crippen LogP contribution in [0.5, 0.6) is 0 Å². The Balaban J connectivity index is 3.77. The van der Waals surface area contributed by atoms with Crippen LogP contribution in [0.25, 0.3) is 0 Å². The molecule has 0 aromatic carbocycles. The zero-order chi connectivity index (χ0) is 14.0. The van der Waals surface area contributed by atoms with E-state index in [-0.39, 0.29) is 23.9 Å². The Morgan fingerprint density at radius 1 is 1.17 bits per heavy atom. The molecule has 0 aliphatic heterocycles. The van der Waals surface area contributed by atoms with Crippen molar-refractivity contribution in [2.45, 2.75) is 27.2 Å². The molecule has 0 aliphatic carbocycles. The molecule has 0 rings (SSSR count). The third kappa shape index (κ3) is 9.39. The highest BCUT2D eigenvalue weighted by Crippen LogP contribution is 2.24. The zero-order valence-corrected chi connectivity index (χ0v) is 12.0. The third-order valence-electron chi connectivity index (χ3n) is 2.38. The summed E-state index contributed by atoms with van der Waals surface area (Å²) < 4.78 is 15.2. The molecule has 0 amide bonds. The Morgan fingerprint density at radius 2 is 1.78 bits per heavy atom. The van der Waals surface area contributed by atoms with E-state index in [9.17, 15) is 4.79 Å². The lowest BCUT2D eigenvalue weighted by molar-refractivity contribution is -0.150. The molecule has 0 saturated heterocycles. The Hall–Kier alpha value is -0.650. The minimum absolute atomic E-state index is 0.0675. The summed E-state index contributed by atoms with van der Waals surface area (Å²) in [5.74, 6) is -0.466. The number of esters is 1. The van der Waals surface area contributed by atoms with Crippen LogP contribution in [-0.4, -0.2) is 46.1 Å². The molecule has 0 bridgehead atoms. The lowest BCUT2D eigenvalue weighted by Gasteiger charge is -2.23. The molecule has 0 fully saturated rings. The molecule has 2 N–H and O–H groups in total. The first-order valence-corrected chi connectivity index (χ1v) is 6.34. The number of carbonyl (C=O) groups excluding carboxylic acids is 1. The van der Waals surface area contributed by atoms with Crippen molar-refractivity contribution in [3.05, 3.63) is 0 Å². The Bertz CT molecular complexity index is 226. The van der Waals surface area contributed by atoms with Crippen LogP contribution in [0.1, 0.15) is 27.2 Å². The highest BCUT2D eigenvalue weighted by atomic mass is 16.6. The molecule has 0 aromatic rings. The summed E-state index contributed by atoms with van der Waals surface area (Å²) >= 11 is 0. The number of hydrogen-bond donors (Lipinski definition) is 1. The van der Waals surface area contributed by atoms with E-state index in [4.69, 9.17) is 19.9 Å². The predicted octanol–water partition coefficient (Wildman–Crippen LogP) is 1.20. The first-order chi connectivity index (χ1) is 8.40. The van der Waals surface area contributed by atoms with Crippen LogP contribution in [0.3, 0.4) is 0 Å². The van der Waals surface area contributed by atoms with Crippen LogP contribution in [-0.2, 0) is 19.0 Å². The zero-order valence-electron chi connectivity index (χ0n) is 12.0. The van der Waals surface area contributed by atoms with Crippen LogP contribution >= 0.6 is 0 Å². The molecule has 0 spiro atoms. The van der Waals surface area contributed by atoms with Gasteiger partial charge in [0.05, 0.1) is 25.7 Å². The highest BCUT2D eigenvalue weighted by Gasteiger charge is 2.24. The van der Waals surface area contributed by atoms with Gasteiger partial charge in [-0.05, 0) is 11.8 Å². The van der Waals surface area contributed by atoms with Crippen molar-refractivity contribution >= 4 is 5.97 Å². The normalized spacial score (nSPS) is 13.4. The molecule has 0 radical (unpaired) electrons. The first-order valence-electron chi connectivity index (χ1n) is 6.34. The third-order valence-corrected chi connectivity index (χ3v) is 2.38. The van der Waals surface area contributed by atoms with Gasteiger partial charge in [0.1, 0.15) is 6.61 Å². The molecule has 0 saturated carbocycles. The van der Waals surface area contributed by atoms with E-state index in [0.29, 0.717) is 26.4 Å². The summed E-state index contributed by atoms with van der Waals surface area (Å²) in [6.45, 7) is 8.27. The fraction of sp³-hybridized carbons (Fsp3) is 0.923. The SMILES string of the molecule is COCCOCCOC(=O)C(CN)CC(C)(C)C. The van der Waals surface area contributed by atoms with Gasteiger partial charge in [0.25, 0.3) is 0 Å². The lowest BCUT2D eigenvalue weighted by Crippen LogP contribution is -2.30. The smallest absolute Gasteiger partial charge is 0.310 e. The maximum atomic E-state index is 11.8. The number of methoxy groups -OCH3 is 1. The van der Waals surface area contributed by atoms with Gasteiger partial charge in [-0.1, -0.05) is 20.8 Å². The van der Waals surface area contributed by atoms with Gasteiger partial charge < -0.3 is 19.9 Å². The van der Waals surface area contributed by atoms with E-state index in [1.165, 1.54) is 0 Å². The largest absolute Gasteiger partial charge is 0.463 e. The van der Waals surface area contributed by atoms with Crippen molar-refractivity contribution in [2.24, 2.45) is 17.1 Å². The second-order valence-corrected chi connectivity index (χ2v) is 5.47. The second-order valence-electron chi connectivity index (χ2n) is 5.47. The molecule has 18 heavy (non-hydrogen) atoms. The molecule has 5 nitrogen and oxygen atoms in total. The topological polar surface area (TPSA) is 70.8 Å². The summed E-state index contributed by atoms with van der Waals surface area (Å²) in [6.07, 6.45) is 0.729. The summed E-state index contributed by atoms with van der Waals surface area (Å²) in [4.78, 5) is 11.8. The van der Waals surface area contributed by atoms with E-state index in [0.717, 1.165) is 6.42 Å². The van der Waals surface area contributed by atoms with Crippen LogP contribution in [0, 0.1) is 11.3 Å². The Kier molecular flexibility index (Phi) is 8.97. The van der Waals surface area contributed by atoms with E-state index in [1.807, 2.05) is 0 Å². The molecular weight excluding hydrogens is 234 g/mol. The van der Waals surface area contributed by atoms with Crippen molar-refractivity contribution in [1.29, 1.82) is 0 Å². The van der Waals surface area contributed by atoms with E-state index >= 15 is 0 Å². The fourth-order valence-electron chi connectivity index (χ4n) is 1.57. The molecule has 0 heterocycles. The van der Waals surface area contributed by atoms with Gasteiger partial charge in [-0.25, -0.2) is 0 Å². The lowest BCUT2D eigenvalue weighted by atomic mass is 9.85. The number of hydrogen-bond acceptors (Lipinski definition) is 5. The van der Waals surface area contributed by atoms with Crippen molar-refractivity contribution < 1.29 is 19.0 Å². The molecule has 0 aromatic heterocycles. The monoisotopic (exact) mass is 261 g/mol. The number of nitrogens with two attached hydrogens (primary N) is 1. The quantitative estimate of drug-likeness (QED) is 0.499. The minimum atomic E-state index is -0.234. The van der Waals surface area contributed by atoms with Gasteiger partial charge >= 0.3 is 5.97 Å². The number of rotatable bonds is 9. The van der Waals surface area contributed by atoms with Gasteiger partial charge in [0, 0.05) is 13.7 Å². The standard InChI is InChI=1S/C13H27NO4/c1-13(2,3)9-11(10-14)12(15)18-8-7-17-6-5-16-4/h11H,5-10,14H2,1-4H3. The summed E-state index contributed by atoms with van der Waals surface area (Å²) in [5, 5.41) is 0. The second kappa shape index (κ2) is 9.30. The number of carbonyl (C=O) groups is 1. The van der Waals surface area contributed by atoms with Gasteiger partial charge in [0.2, 0.25) is 0 Å². The average Bonchev–Trinajstić information content (AvgIpc) is 2.29. The average molecular weight is 261 g/mol. The van der Waals surface area contributed by atoms with Crippen LogP contribution in [0.2, 0.25) is 0 Å². The van der Waals surface area contributed by atoms with Crippen LogP contribution in [0.15, 0.2) is 0 Å². The summed E-state index contributed by atoms with van der Waals surface area (Å²) in [5.41, 5.74) is 5.67. The van der Waals surface area contributed by atoms with Gasteiger partial charge in [0.15, 0.2) is 0 Å². The maximum Gasteiger partial charge on any atom is 0.310 e.